The van der Waals surface area contributed by atoms with E-state index >= 15 is 0 Å². The monoisotopic (exact) mass is 527 g/mol. The lowest BCUT2D eigenvalue weighted by molar-refractivity contribution is -0.125. The normalized spacial score (nSPS) is 15.6. The van der Waals surface area contributed by atoms with E-state index in [0.29, 0.717) is 42.1 Å². The van der Waals surface area contributed by atoms with Crippen LogP contribution >= 0.6 is 0 Å². The smallest absolute Gasteiger partial charge is 0.335 e. The molecule has 1 saturated heterocycles. The van der Waals surface area contributed by atoms with Crippen molar-refractivity contribution in [3.05, 3.63) is 83.6 Å². The standard InChI is InChI=1S/C29H33N7O3/c1-3-33(4-2)17-8-11-25(37)34-18-16-22(19-34)36-28-26(27(30)31-20-32-28)35(29(36)38)21-12-14-24(15-13-21)39-23-9-6-5-7-10-23/h5-15,20,22H,3-4,16-19H2,1-2H3,(H2,30,31,32)/b11-8+/t22-/m1/s1. The minimum atomic E-state index is -0.273. The van der Waals surface area contributed by atoms with Gasteiger partial charge in [0.15, 0.2) is 11.5 Å². The third-order valence-electron chi connectivity index (χ3n) is 7.11. The number of nitrogens with zero attached hydrogens (tertiary/aromatic N) is 6. The van der Waals surface area contributed by atoms with Crippen LogP contribution in [-0.4, -0.2) is 67.5 Å². The van der Waals surface area contributed by atoms with Crippen LogP contribution in [0, 0.1) is 0 Å². The Morgan fingerprint density at radius 3 is 2.51 bits per heavy atom. The summed E-state index contributed by atoms with van der Waals surface area (Å²) in [6, 6.07) is 16.5. The van der Waals surface area contributed by atoms with Crippen LogP contribution in [0.1, 0.15) is 26.3 Å². The van der Waals surface area contributed by atoms with Crippen molar-refractivity contribution in [2.45, 2.75) is 26.3 Å². The maximum Gasteiger partial charge on any atom is 0.335 e. The van der Waals surface area contributed by atoms with Crippen LogP contribution in [0.15, 0.2) is 77.9 Å². The van der Waals surface area contributed by atoms with Crippen LogP contribution in [0.3, 0.4) is 0 Å². The molecule has 1 fully saturated rings. The maximum absolute atomic E-state index is 13.8. The highest BCUT2D eigenvalue weighted by atomic mass is 16.5. The highest BCUT2D eigenvalue weighted by Crippen LogP contribution is 2.28. The van der Waals surface area contributed by atoms with E-state index in [1.807, 2.05) is 36.4 Å². The Morgan fingerprint density at radius 1 is 1.08 bits per heavy atom. The fourth-order valence-electron chi connectivity index (χ4n) is 4.97. The first-order chi connectivity index (χ1) is 19.0. The number of para-hydroxylation sites is 1. The van der Waals surface area contributed by atoms with Crippen molar-refractivity contribution in [3.63, 3.8) is 0 Å². The van der Waals surface area contributed by atoms with Gasteiger partial charge in [0.05, 0.1) is 11.7 Å². The second-order valence-electron chi connectivity index (χ2n) is 9.44. The number of nitrogens with two attached hydrogens (primary N) is 1. The lowest BCUT2D eigenvalue weighted by Gasteiger charge is -2.16. The summed E-state index contributed by atoms with van der Waals surface area (Å²) in [7, 11) is 0. The largest absolute Gasteiger partial charge is 0.457 e. The van der Waals surface area contributed by atoms with Crippen molar-refractivity contribution in [1.82, 2.24) is 28.9 Å². The predicted octanol–water partition coefficient (Wildman–Crippen LogP) is 3.63. The van der Waals surface area contributed by atoms with E-state index in [9.17, 15) is 9.59 Å². The lowest BCUT2D eigenvalue weighted by Crippen LogP contribution is -2.31. The Morgan fingerprint density at radius 2 is 1.79 bits per heavy atom. The summed E-state index contributed by atoms with van der Waals surface area (Å²) in [6.45, 7) is 7.77. The number of carbonyl (C=O) groups is 1. The van der Waals surface area contributed by atoms with Gasteiger partial charge >= 0.3 is 5.69 Å². The van der Waals surface area contributed by atoms with Crippen molar-refractivity contribution in [2.24, 2.45) is 0 Å². The second kappa shape index (κ2) is 11.5. The Hall–Kier alpha value is -4.44. The van der Waals surface area contributed by atoms with Gasteiger partial charge in [0.25, 0.3) is 0 Å². The molecule has 3 heterocycles. The summed E-state index contributed by atoms with van der Waals surface area (Å²) in [5, 5.41) is 0. The molecule has 2 N–H and O–H groups in total. The summed E-state index contributed by atoms with van der Waals surface area (Å²) in [4.78, 5) is 39.3. The number of aromatic nitrogens is 4. The number of hydrogen-bond acceptors (Lipinski definition) is 7. The van der Waals surface area contributed by atoms with Crippen LogP contribution in [0.4, 0.5) is 5.82 Å². The average molecular weight is 528 g/mol. The summed E-state index contributed by atoms with van der Waals surface area (Å²) in [5.41, 5.74) is 7.51. The molecule has 0 bridgehead atoms. The van der Waals surface area contributed by atoms with Crippen molar-refractivity contribution >= 4 is 22.9 Å². The van der Waals surface area contributed by atoms with E-state index in [-0.39, 0.29) is 23.5 Å². The first kappa shape index (κ1) is 26.2. The van der Waals surface area contributed by atoms with Crippen LogP contribution < -0.4 is 16.2 Å². The quantitative estimate of drug-likeness (QED) is 0.331. The molecular weight excluding hydrogens is 494 g/mol. The molecule has 0 aliphatic carbocycles. The molecule has 0 unspecified atom stereocenters. The first-order valence-electron chi connectivity index (χ1n) is 13.2. The molecule has 202 valence electrons. The van der Waals surface area contributed by atoms with Crippen molar-refractivity contribution in [1.29, 1.82) is 0 Å². The number of carbonyl (C=O) groups excluding carboxylic acids is 1. The fraction of sp³-hybridized carbons (Fsp3) is 0.310. The van der Waals surface area contributed by atoms with Crippen molar-refractivity contribution < 1.29 is 9.53 Å². The molecule has 39 heavy (non-hydrogen) atoms. The Bertz CT molecular complexity index is 1520. The predicted molar refractivity (Wildman–Crippen MR) is 151 cm³/mol. The van der Waals surface area contributed by atoms with E-state index in [1.165, 1.54) is 10.9 Å². The zero-order chi connectivity index (χ0) is 27.4. The van der Waals surface area contributed by atoms with Gasteiger partial charge in [0.2, 0.25) is 5.91 Å². The molecule has 10 heteroatoms. The van der Waals surface area contributed by atoms with Gasteiger partial charge in [-0.25, -0.2) is 14.8 Å². The minimum absolute atomic E-state index is 0.0513. The molecule has 10 nitrogen and oxygen atoms in total. The molecule has 5 rings (SSSR count). The molecule has 1 atom stereocenters. The molecule has 0 radical (unpaired) electrons. The van der Waals surface area contributed by atoms with Crippen LogP contribution in [-0.2, 0) is 4.79 Å². The molecule has 1 amide bonds. The number of likely N-dealkylation sites (tertiary alicyclic amines) is 1. The molecule has 2 aromatic carbocycles. The lowest BCUT2D eigenvalue weighted by atomic mass is 10.2. The summed E-state index contributed by atoms with van der Waals surface area (Å²) < 4.78 is 9.08. The summed E-state index contributed by atoms with van der Waals surface area (Å²) in [6.07, 6.45) is 5.54. The van der Waals surface area contributed by atoms with Crippen LogP contribution in [0.25, 0.3) is 16.9 Å². The minimum Gasteiger partial charge on any atom is -0.457 e. The first-order valence-corrected chi connectivity index (χ1v) is 13.2. The number of likely N-dealkylation sites (N-methyl/N-ethyl adjacent to an activating group) is 1. The molecule has 0 spiro atoms. The zero-order valence-electron chi connectivity index (χ0n) is 22.2. The second-order valence-corrected chi connectivity index (χ2v) is 9.44. The van der Waals surface area contributed by atoms with Gasteiger partial charge in [0.1, 0.15) is 23.3 Å². The molecular formula is C29H33N7O3. The molecule has 4 aromatic rings. The fourth-order valence-corrected chi connectivity index (χ4v) is 4.97. The SMILES string of the molecule is CCN(CC)C/C=C/C(=O)N1CC[C@@H](n2c(=O)n(-c3ccc(Oc4ccccc4)cc3)c3c(N)ncnc32)C1. The number of nitrogen functional groups attached to an aromatic ring is 1. The zero-order valence-corrected chi connectivity index (χ0v) is 22.2. The Balaban J connectivity index is 1.41. The summed E-state index contributed by atoms with van der Waals surface area (Å²) >= 11 is 0. The Labute approximate surface area is 226 Å². The van der Waals surface area contributed by atoms with Gasteiger partial charge in [0, 0.05) is 25.7 Å². The third kappa shape index (κ3) is 5.42. The number of hydrogen-bond donors (Lipinski definition) is 1. The van der Waals surface area contributed by atoms with Gasteiger partial charge in [-0.1, -0.05) is 38.1 Å². The molecule has 1 aliphatic rings. The van der Waals surface area contributed by atoms with E-state index < -0.39 is 0 Å². The van der Waals surface area contributed by atoms with Crippen molar-refractivity contribution in [3.8, 4) is 17.2 Å². The van der Waals surface area contributed by atoms with Gasteiger partial charge in [-0.15, -0.1) is 0 Å². The highest BCUT2D eigenvalue weighted by molar-refractivity contribution is 5.88. The Kier molecular flexibility index (Phi) is 7.74. The number of amides is 1. The molecule has 2 aromatic heterocycles. The third-order valence-corrected chi connectivity index (χ3v) is 7.11. The van der Waals surface area contributed by atoms with E-state index in [4.69, 9.17) is 10.5 Å². The van der Waals surface area contributed by atoms with E-state index in [2.05, 4.69) is 28.7 Å². The van der Waals surface area contributed by atoms with Crippen LogP contribution in [0.5, 0.6) is 11.5 Å². The number of fused-ring (bicyclic) bond motifs is 1. The molecule has 1 aliphatic heterocycles. The highest BCUT2D eigenvalue weighted by Gasteiger charge is 2.31. The number of imidazole rings is 1. The van der Waals surface area contributed by atoms with Crippen molar-refractivity contribution in [2.75, 3.05) is 38.5 Å². The van der Waals surface area contributed by atoms with Gasteiger partial charge in [-0.2, -0.15) is 0 Å². The van der Waals surface area contributed by atoms with Gasteiger partial charge in [-0.3, -0.25) is 13.9 Å². The number of anilines is 1. The number of ether oxygens (including phenoxy) is 1. The number of rotatable bonds is 9. The average Bonchev–Trinajstić information content (AvgIpc) is 3.55. The number of benzene rings is 2. The topological polar surface area (TPSA) is 112 Å². The maximum atomic E-state index is 13.8. The van der Waals surface area contributed by atoms with E-state index in [0.717, 1.165) is 25.4 Å². The van der Waals surface area contributed by atoms with Gasteiger partial charge < -0.3 is 20.3 Å². The summed E-state index contributed by atoms with van der Waals surface area (Å²) in [5.74, 6) is 1.53. The van der Waals surface area contributed by atoms with E-state index in [1.54, 1.807) is 39.8 Å². The van der Waals surface area contributed by atoms with Crippen LogP contribution in [0.2, 0.25) is 0 Å². The van der Waals surface area contributed by atoms with Gasteiger partial charge in [-0.05, 0) is 55.9 Å². The molecule has 0 saturated carbocycles.